The van der Waals surface area contributed by atoms with E-state index in [1.807, 2.05) is 20.8 Å². The fraction of sp³-hybridized carbons (Fsp3) is 0.684. The molecule has 1 saturated heterocycles. The van der Waals surface area contributed by atoms with Crippen LogP contribution >= 0.6 is 7.82 Å². The predicted octanol–water partition coefficient (Wildman–Crippen LogP) is 3.66. The normalized spacial score (nSPS) is 27.2. The summed E-state index contributed by atoms with van der Waals surface area (Å²) in [5.41, 5.74) is -0.957. The van der Waals surface area contributed by atoms with Crippen LogP contribution in [0.1, 0.15) is 47.1 Å². The summed E-state index contributed by atoms with van der Waals surface area (Å²) in [4.78, 5) is 20.7. The van der Waals surface area contributed by atoms with E-state index < -0.39 is 24.6 Å². The first kappa shape index (κ1) is 24.2. The van der Waals surface area contributed by atoms with E-state index in [9.17, 15) is 9.46 Å². The van der Waals surface area contributed by atoms with Crippen LogP contribution in [0.15, 0.2) is 24.3 Å². The Bertz CT molecular complexity index is 755. The molecule has 1 aliphatic rings. The largest absolute Gasteiger partial charge is 0.544 e. The number of methoxy groups -OCH3 is 1. The smallest absolute Gasteiger partial charge is 0.403 e. The number of rotatable bonds is 8. The van der Waals surface area contributed by atoms with Crippen molar-refractivity contribution < 1.29 is 37.9 Å². The summed E-state index contributed by atoms with van der Waals surface area (Å²) >= 11 is 0. The van der Waals surface area contributed by atoms with Gasteiger partial charge in [-0.3, -0.25) is 4.89 Å². The second-order valence-electron chi connectivity index (χ2n) is 9.31. The third-order valence-corrected chi connectivity index (χ3v) is 5.45. The molecule has 3 unspecified atom stereocenters. The van der Waals surface area contributed by atoms with Crippen molar-refractivity contribution in [1.29, 1.82) is 0 Å². The predicted molar refractivity (Wildman–Crippen MR) is 105 cm³/mol. The second-order valence-corrected chi connectivity index (χ2v) is 10.6. The van der Waals surface area contributed by atoms with Gasteiger partial charge in [0, 0.05) is 18.1 Å². The Labute approximate surface area is 171 Å². The molecule has 1 aromatic rings. The number of benzene rings is 1. The Hall–Kier alpha value is -1.03. The van der Waals surface area contributed by atoms with Crippen molar-refractivity contribution in [2.75, 3.05) is 20.3 Å². The number of nitrogens with two attached hydrogens (primary N) is 1. The molecule has 1 fully saturated rings. The molecule has 29 heavy (non-hydrogen) atoms. The van der Waals surface area contributed by atoms with E-state index in [0.717, 1.165) is 0 Å². The molecule has 2 rings (SSSR count). The average Bonchev–Trinajstić information content (AvgIpc) is 2.56. The molecular formula is C19H32NO8P. The van der Waals surface area contributed by atoms with Gasteiger partial charge in [-0.2, -0.15) is 9.51 Å². The maximum atomic E-state index is 11.7. The standard InChI is InChI=1S/C19H32NO8P/c1-16(2,3)12-24-13-18(17(4,5)6)19(23-7,27-26-18)14-9-8-10-15(11-14)25-29(21,22)28-20/h8-11H,12-13,20H2,1-7H3,(H,21,22). The zero-order valence-electron chi connectivity index (χ0n) is 18.1. The second kappa shape index (κ2) is 8.24. The Morgan fingerprint density at radius 2 is 1.83 bits per heavy atom. The summed E-state index contributed by atoms with van der Waals surface area (Å²) < 4.78 is 32.5. The summed E-state index contributed by atoms with van der Waals surface area (Å²) in [7, 11) is -2.93. The highest BCUT2D eigenvalue weighted by atomic mass is 31.2. The summed E-state index contributed by atoms with van der Waals surface area (Å²) in [5, 5.41) is 0. The van der Waals surface area contributed by atoms with Crippen LogP contribution in [0.5, 0.6) is 5.75 Å². The molecule has 1 aromatic carbocycles. The number of ether oxygens (including phenoxy) is 2. The van der Waals surface area contributed by atoms with Crippen molar-refractivity contribution >= 4 is 7.82 Å². The Balaban J connectivity index is 2.42. The molecule has 0 aromatic heterocycles. The summed E-state index contributed by atoms with van der Waals surface area (Å²) in [6.45, 7) is 12.9. The highest BCUT2D eigenvalue weighted by molar-refractivity contribution is 7.47. The minimum atomic E-state index is -4.43. The van der Waals surface area contributed by atoms with E-state index in [1.165, 1.54) is 19.2 Å². The number of hydrogen-bond acceptors (Lipinski definition) is 8. The van der Waals surface area contributed by atoms with E-state index in [4.69, 9.17) is 29.7 Å². The molecule has 1 aliphatic heterocycles. The lowest BCUT2D eigenvalue weighted by Gasteiger charge is -2.60. The maximum Gasteiger partial charge on any atom is 0.544 e. The van der Waals surface area contributed by atoms with Crippen LogP contribution in [0.4, 0.5) is 0 Å². The summed E-state index contributed by atoms with van der Waals surface area (Å²) in [6.07, 6.45) is 0. The highest BCUT2D eigenvalue weighted by Crippen LogP contribution is 2.58. The lowest BCUT2D eigenvalue weighted by Crippen LogP contribution is -2.73. The van der Waals surface area contributed by atoms with Gasteiger partial charge in [-0.15, -0.1) is 0 Å². The van der Waals surface area contributed by atoms with Crippen LogP contribution in [0.2, 0.25) is 0 Å². The van der Waals surface area contributed by atoms with Gasteiger partial charge in [0.25, 0.3) is 5.79 Å². The van der Waals surface area contributed by atoms with Crippen LogP contribution in [0.3, 0.4) is 0 Å². The van der Waals surface area contributed by atoms with Gasteiger partial charge in [0.1, 0.15) is 5.75 Å². The quantitative estimate of drug-likeness (QED) is 0.359. The molecular weight excluding hydrogens is 401 g/mol. The Morgan fingerprint density at radius 1 is 1.17 bits per heavy atom. The highest BCUT2D eigenvalue weighted by Gasteiger charge is 2.72. The van der Waals surface area contributed by atoms with Crippen LogP contribution in [0.25, 0.3) is 0 Å². The van der Waals surface area contributed by atoms with Gasteiger partial charge in [0.2, 0.25) is 0 Å². The van der Waals surface area contributed by atoms with Gasteiger partial charge in [-0.1, -0.05) is 53.7 Å². The number of phosphoric acid groups is 1. The first-order valence-electron chi connectivity index (χ1n) is 9.23. The van der Waals surface area contributed by atoms with Crippen LogP contribution in [0, 0.1) is 10.8 Å². The van der Waals surface area contributed by atoms with E-state index >= 15 is 0 Å². The lowest BCUT2D eigenvalue weighted by atomic mass is 9.68. The van der Waals surface area contributed by atoms with Crippen molar-refractivity contribution in [3.63, 3.8) is 0 Å². The van der Waals surface area contributed by atoms with E-state index in [1.54, 1.807) is 12.1 Å². The minimum Gasteiger partial charge on any atom is -0.403 e. The molecule has 166 valence electrons. The van der Waals surface area contributed by atoms with E-state index in [-0.39, 0.29) is 17.8 Å². The van der Waals surface area contributed by atoms with Crippen molar-refractivity contribution in [3.8, 4) is 5.75 Å². The first-order valence-corrected chi connectivity index (χ1v) is 10.7. The van der Waals surface area contributed by atoms with Crippen molar-refractivity contribution in [2.45, 2.75) is 52.9 Å². The number of phosphoric ester groups is 1. The molecule has 3 N–H and O–H groups in total. The zero-order valence-corrected chi connectivity index (χ0v) is 18.9. The van der Waals surface area contributed by atoms with Gasteiger partial charge in [-0.25, -0.2) is 15.3 Å². The SMILES string of the molecule is COC1(c2cccc(OP(=O)(O)ON)c2)OOC1(COCC(C)(C)C)C(C)(C)C. The monoisotopic (exact) mass is 433 g/mol. The topological polar surface area (TPSA) is 119 Å². The molecule has 0 saturated carbocycles. The van der Waals surface area contributed by atoms with Crippen molar-refractivity contribution in [3.05, 3.63) is 29.8 Å². The molecule has 3 atom stereocenters. The third-order valence-electron chi connectivity index (χ3n) is 4.74. The van der Waals surface area contributed by atoms with E-state index in [2.05, 4.69) is 25.4 Å². The summed E-state index contributed by atoms with van der Waals surface area (Å²) in [5.74, 6) is 3.54. The Morgan fingerprint density at radius 3 is 2.28 bits per heavy atom. The van der Waals surface area contributed by atoms with Gasteiger partial charge >= 0.3 is 7.82 Å². The number of hydrogen-bond donors (Lipinski definition) is 2. The molecule has 10 heteroatoms. The van der Waals surface area contributed by atoms with Crippen molar-refractivity contribution in [1.82, 2.24) is 0 Å². The molecule has 0 spiro atoms. The van der Waals surface area contributed by atoms with Gasteiger partial charge in [-0.05, 0) is 17.5 Å². The van der Waals surface area contributed by atoms with Crippen LogP contribution in [-0.4, -0.2) is 30.8 Å². The molecule has 1 heterocycles. The first-order chi connectivity index (χ1) is 13.2. The minimum absolute atomic E-state index is 0.0301. The Kier molecular flexibility index (Phi) is 6.89. The fourth-order valence-electron chi connectivity index (χ4n) is 3.18. The fourth-order valence-corrected chi connectivity index (χ4v) is 3.61. The average molecular weight is 433 g/mol. The molecule has 9 nitrogen and oxygen atoms in total. The maximum absolute atomic E-state index is 11.7. The van der Waals surface area contributed by atoms with Gasteiger partial charge < -0.3 is 14.0 Å². The van der Waals surface area contributed by atoms with Crippen molar-refractivity contribution in [2.24, 2.45) is 16.7 Å². The molecule has 0 amide bonds. The van der Waals surface area contributed by atoms with Gasteiger partial charge in [0.15, 0.2) is 5.60 Å². The van der Waals surface area contributed by atoms with Crippen LogP contribution in [-0.2, 0) is 34.2 Å². The van der Waals surface area contributed by atoms with Gasteiger partial charge in [0.05, 0.1) is 13.2 Å². The molecule has 0 aliphatic carbocycles. The third kappa shape index (κ3) is 4.84. The van der Waals surface area contributed by atoms with E-state index in [0.29, 0.717) is 12.2 Å². The lowest BCUT2D eigenvalue weighted by molar-refractivity contribution is -0.638. The zero-order chi connectivity index (χ0) is 22.1. The van der Waals surface area contributed by atoms with Crippen LogP contribution < -0.4 is 10.4 Å². The molecule has 0 radical (unpaired) electrons. The molecule has 0 bridgehead atoms. The summed E-state index contributed by atoms with van der Waals surface area (Å²) in [6, 6.07) is 6.38.